The summed E-state index contributed by atoms with van der Waals surface area (Å²) in [6, 6.07) is 35.1. The molecular weight excluding hydrogens is 719 g/mol. The molecule has 0 aliphatic carbocycles. The number of rotatable bonds is 4. The summed E-state index contributed by atoms with van der Waals surface area (Å²) in [6.45, 7) is 10.5. The van der Waals surface area contributed by atoms with E-state index in [1.54, 1.807) is 0 Å². The van der Waals surface area contributed by atoms with E-state index < -0.39 is 0 Å². The molecule has 7 aromatic rings. The molecule has 0 aliphatic rings. The van der Waals surface area contributed by atoms with Gasteiger partial charge in [-0.3, -0.25) is 0 Å². The Kier molecular flexibility index (Phi) is 9.49. The zero-order valence-corrected chi connectivity index (χ0v) is 27.9. The number of hydrogen-bond donors (Lipinski definition) is 0. The second kappa shape index (κ2) is 13.5. The van der Waals surface area contributed by atoms with E-state index in [0.29, 0.717) is 5.71 Å². The van der Waals surface area contributed by atoms with Crippen molar-refractivity contribution in [3.63, 3.8) is 0 Å². The minimum atomic E-state index is 0. The van der Waals surface area contributed by atoms with E-state index >= 15 is 0 Å². The van der Waals surface area contributed by atoms with Gasteiger partial charge in [0.1, 0.15) is 0 Å². The van der Waals surface area contributed by atoms with Crippen molar-refractivity contribution in [1.29, 1.82) is 0 Å². The Morgan fingerprint density at radius 1 is 0.682 bits per heavy atom. The smallest absolute Gasteiger partial charge is 0.216 e. The Hall–Kier alpha value is -4.44. The molecule has 4 heterocycles. The van der Waals surface area contributed by atoms with Crippen molar-refractivity contribution in [1.82, 2.24) is 15.0 Å². The molecule has 4 nitrogen and oxygen atoms in total. The number of benzene rings is 3. The largest absolute Gasteiger partial charge is 0.486 e. The van der Waals surface area contributed by atoms with Crippen molar-refractivity contribution in [2.75, 3.05) is 0 Å². The van der Waals surface area contributed by atoms with Crippen molar-refractivity contribution in [2.45, 2.75) is 41.0 Å². The molecule has 0 bridgehead atoms. The quantitative estimate of drug-likeness (QED) is 0.168. The number of furan rings is 1. The number of pyridine rings is 3. The Bertz CT molecular complexity index is 2030. The third-order valence-corrected chi connectivity index (χ3v) is 7.78. The van der Waals surface area contributed by atoms with Crippen LogP contribution in [0, 0.1) is 39.8 Å². The van der Waals surface area contributed by atoms with E-state index in [-0.39, 0.29) is 20.1 Å². The van der Waals surface area contributed by atoms with Gasteiger partial charge in [0.15, 0.2) is 0 Å². The van der Waals surface area contributed by atoms with Crippen LogP contribution in [-0.4, -0.2) is 15.0 Å². The van der Waals surface area contributed by atoms with Crippen LogP contribution in [0.25, 0.3) is 55.8 Å². The zero-order chi connectivity index (χ0) is 29.9. The molecule has 7 rings (SSSR count). The zero-order valence-electron chi connectivity index (χ0n) is 25.5. The molecule has 3 aromatic carbocycles. The molecule has 4 aromatic heterocycles. The third kappa shape index (κ3) is 6.26. The Labute approximate surface area is 272 Å². The summed E-state index contributed by atoms with van der Waals surface area (Å²) in [7, 11) is 0. The predicted molar refractivity (Wildman–Crippen MR) is 176 cm³/mol. The number of nitrogens with zero attached hydrogens (tertiary/aromatic N) is 3. The second-order valence-electron chi connectivity index (χ2n) is 10.9. The van der Waals surface area contributed by atoms with Crippen LogP contribution in [0.15, 0.2) is 102 Å². The van der Waals surface area contributed by atoms with Crippen LogP contribution in [0.4, 0.5) is 0 Å². The first kappa shape index (κ1) is 31.0. The first-order chi connectivity index (χ1) is 20.9. The summed E-state index contributed by atoms with van der Waals surface area (Å²) in [5.74, 6) is 0. The van der Waals surface area contributed by atoms with Crippen LogP contribution in [0.3, 0.4) is 0 Å². The summed E-state index contributed by atoms with van der Waals surface area (Å²) in [6.07, 6.45) is 4.77. The van der Waals surface area contributed by atoms with Gasteiger partial charge in [-0.1, -0.05) is 59.8 Å². The van der Waals surface area contributed by atoms with E-state index in [1.165, 1.54) is 33.4 Å². The van der Waals surface area contributed by atoms with Crippen LogP contribution >= 0.6 is 0 Å². The van der Waals surface area contributed by atoms with Gasteiger partial charge in [0, 0.05) is 43.4 Å². The first-order valence-electron chi connectivity index (χ1n) is 14.6. The van der Waals surface area contributed by atoms with E-state index in [9.17, 15) is 0 Å². The fourth-order valence-corrected chi connectivity index (χ4v) is 5.43. The Balaban J connectivity index is 0.000000230. The van der Waals surface area contributed by atoms with Gasteiger partial charge < -0.3 is 14.4 Å². The minimum Gasteiger partial charge on any atom is -0.486 e. The maximum Gasteiger partial charge on any atom is 0.216 e. The molecule has 0 aliphatic heterocycles. The Morgan fingerprint density at radius 2 is 1.45 bits per heavy atom. The molecule has 0 saturated heterocycles. The molecule has 0 saturated carbocycles. The van der Waals surface area contributed by atoms with E-state index in [1.807, 2.05) is 61.8 Å². The fourth-order valence-electron chi connectivity index (χ4n) is 5.43. The van der Waals surface area contributed by atoms with Crippen molar-refractivity contribution < 1.29 is 24.5 Å². The molecule has 0 atom stereocenters. The van der Waals surface area contributed by atoms with Crippen molar-refractivity contribution >= 4 is 22.1 Å². The molecule has 221 valence electrons. The summed E-state index contributed by atoms with van der Waals surface area (Å²) in [5.41, 5.74) is 13.4. The maximum absolute atomic E-state index is 6.30. The monoisotopic (exact) mass is 752 g/mol. The van der Waals surface area contributed by atoms with E-state index in [2.05, 4.69) is 92.3 Å². The van der Waals surface area contributed by atoms with Crippen molar-refractivity contribution in [3.8, 4) is 33.8 Å². The van der Waals surface area contributed by atoms with Crippen molar-refractivity contribution in [2.24, 2.45) is 0 Å². The number of hydrogen-bond acceptors (Lipinski definition) is 4. The summed E-state index contributed by atoms with van der Waals surface area (Å²) < 4.78 is 6.30. The van der Waals surface area contributed by atoms with Crippen LogP contribution in [0.5, 0.6) is 0 Å². The maximum atomic E-state index is 6.30. The summed E-state index contributed by atoms with van der Waals surface area (Å²) >= 11 is 0. The molecule has 0 N–H and O–H groups in total. The van der Waals surface area contributed by atoms with Gasteiger partial charge >= 0.3 is 0 Å². The molecule has 0 spiro atoms. The van der Waals surface area contributed by atoms with Crippen LogP contribution in [0.2, 0.25) is 0 Å². The number of aromatic nitrogens is 3. The van der Waals surface area contributed by atoms with Gasteiger partial charge in [-0.2, -0.15) is 0 Å². The topological polar surface area (TPSA) is 51.8 Å². The minimum absolute atomic E-state index is 0. The predicted octanol–water partition coefficient (Wildman–Crippen LogP) is 9.85. The van der Waals surface area contributed by atoms with Crippen LogP contribution in [-0.2, 0) is 26.5 Å². The molecule has 5 heteroatoms. The standard InChI is InChI=1S/C27H23N2O.C12H10N.Ir/c1-5-19-14-24(28-15-18(19)4)22-11-7-10-20-21-12-13-23(29-27(21)30-26(20)22)25-16(2)8-6-9-17(25)3;1-10-7-8-12(13-9-10)11-5-3-2-4-6-11;/h6-10,12-15H,5H2,1-4H3;2-5,7-9H,1H3;/q2*-1;. The summed E-state index contributed by atoms with van der Waals surface area (Å²) in [4.78, 5) is 13.9. The van der Waals surface area contributed by atoms with Crippen LogP contribution < -0.4 is 0 Å². The number of fused-ring (bicyclic) bond motifs is 3. The van der Waals surface area contributed by atoms with Gasteiger partial charge in [-0.15, -0.1) is 54.1 Å². The third-order valence-electron chi connectivity index (χ3n) is 7.78. The van der Waals surface area contributed by atoms with Crippen molar-refractivity contribution in [3.05, 3.63) is 137 Å². The summed E-state index contributed by atoms with van der Waals surface area (Å²) in [5, 5.41) is 2.05. The second-order valence-corrected chi connectivity index (χ2v) is 10.9. The van der Waals surface area contributed by atoms with Gasteiger partial charge in [0.2, 0.25) is 5.71 Å². The SMILES string of the molecule is CCc1cc(-c2[c-]ccc3c2oc2nc(-c4c(C)cccc4C)ccc23)ncc1C.Cc1ccc(-c2[c-]cccc2)nc1.[Ir]. The molecule has 44 heavy (non-hydrogen) atoms. The van der Waals surface area contributed by atoms with Gasteiger partial charge in [0.05, 0.1) is 11.3 Å². The fraction of sp³-hybridized carbons (Fsp3) is 0.154. The number of aryl methyl sites for hydroxylation is 5. The van der Waals surface area contributed by atoms with Gasteiger partial charge in [-0.05, 0) is 79.9 Å². The van der Waals surface area contributed by atoms with Gasteiger partial charge in [0.25, 0.3) is 0 Å². The molecule has 0 amide bonds. The molecule has 0 fully saturated rings. The Morgan fingerprint density at radius 3 is 2.16 bits per heavy atom. The van der Waals surface area contributed by atoms with E-state index in [4.69, 9.17) is 9.40 Å². The molecule has 1 radical (unpaired) electrons. The normalized spacial score (nSPS) is 10.8. The average molecular weight is 752 g/mol. The van der Waals surface area contributed by atoms with E-state index in [0.717, 1.165) is 51.0 Å². The first-order valence-corrected chi connectivity index (χ1v) is 14.6. The van der Waals surface area contributed by atoms with Gasteiger partial charge in [-0.25, -0.2) is 4.98 Å². The average Bonchev–Trinajstić information content (AvgIpc) is 3.41. The van der Waals surface area contributed by atoms with Crippen LogP contribution in [0.1, 0.15) is 34.7 Å². The molecule has 0 unspecified atom stereocenters. The molecular formula is C39H33IrN3O-2.